The van der Waals surface area contributed by atoms with Crippen molar-refractivity contribution in [1.82, 2.24) is 14.4 Å². The molecule has 0 radical (unpaired) electrons. The Bertz CT molecular complexity index is 833. The first-order chi connectivity index (χ1) is 9.95. The number of carbonyl (C=O) groups excluding carboxylic acids is 1. The van der Waals surface area contributed by atoms with Crippen molar-refractivity contribution in [3.05, 3.63) is 46.1 Å². The summed E-state index contributed by atoms with van der Waals surface area (Å²) in [5.41, 5.74) is 2.28. The van der Waals surface area contributed by atoms with Crippen LogP contribution in [-0.4, -0.2) is 20.3 Å². The Morgan fingerprint density at radius 2 is 2.00 bits per heavy atom. The van der Waals surface area contributed by atoms with Crippen LogP contribution in [0.2, 0.25) is 0 Å². The lowest BCUT2D eigenvalue weighted by atomic mass is 10.3. The number of thiazole rings is 1. The predicted molar refractivity (Wildman–Crippen MR) is 79.4 cm³/mol. The van der Waals surface area contributed by atoms with Gasteiger partial charge in [0.1, 0.15) is 17.2 Å². The molecule has 0 aliphatic rings. The number of aromatic nitrogens is 3. The number of halogens is 1. The second-order valence-corrected chi connectivity index (χ2v) is 5.94. The van der Waals surface area contributed by atoms with E-state index in [0.717, 1.165) is 10.6 Å². The van der Waals surface area contributed by atoms with Gasteiger partial charge in [-0.25, -0.2) is 14.4 Å². The standard InChI is InChI=1S/C14H13FN4OS/c1-7-9(3)21-14(17-7)18-13(20)12-8(2)16-11-5-4-10(15)6-19(11)12/h4-6H,1-3H3,(H,17,18,20). The van der Waals surface area contributed by atoms with Crippen molar-refractivity contribution in [3.63, 3.8) is 0 Å². The van der Waals surface area contributed by atoms with Crippen molar-refractivity contribution in [3.8, 4) is 0 Å². The number of fused-ring (bicyclic) bond motifs is 1. The van der Waals surface area contributed by atoms with Gasteiger partial charge in [-0.05, 0) is 32.9 Å². The first-order valence-electron chi connectivity index (χ1n) is 6.35. The van der Waals surface area contributed by atoms with E-state index >= 15 is 0 Å². The molecule has 1 amide bonds. The quantitative estimate of drug-likeness (QED) is 0.791. The van der Waals surface area contributed by atoms with E-state index in [9.17, 15) is 9.18 Å². The third kappa shape index (κ3) is 2.40. The fourth-order valence-electron chi connectivity index (χ4n) is 2.09. The monoisotopic (exact) mass is 304 g/mol. The van der Waals surface area contributed by atoms with E-state index in [-0.39, 0.29) is 5.91 Å². The number of amides is 1. The third-order valence-corrected chi connectivity index (χ3v) is 4.21. The minimum atomic E-state index is -0.421. The third-order valence-electron chi connectivity index (χ3n) is 3.22. The Balaban J connectivity index is 2.01. The van der Waals surface area contributed by atoms with Gasteiger partial charge in [-0.15, -0.1) is 11.3 Å². The average Bonchev–Trinajstić information content (AvgIpc) is 2.88. The molecule has 0 saturated carbocycles. The summed E-state index contributed by atoms with van der Waals surface area (Å²) >= 11 is 1.41. The smallest absolute Gasteiger partial charge is 0.276 e. The summed E-state index contributed by atoms with van der Waals surface area (Å²) in [6, 6.07) is 2.85. The van der Waals surface area contributed by atoms with Gasteiger partial charge in [-0.3, -0.25) is 14.5 Å². The molecule has 3 aromatic rings. The number of nitrogens with one attached hydrogen (secondary N) is 1. The minimum Gasteiger partial charge on any atom is -0.296 e. The van der Waals surface area contributed by atoms with E-state index in [1.807, 2.05) is 13.8 Å². The predicted octanol–water partition coefficient (Wildman–Crippen LogP) is 3.11. The van der Waals surface area contributed by atoms with Crippen LogP contribution in [0.1, 0.15) is 26.8 Å². The number of pyridine rings is 1. The van der Waals surface area contributed by atoms with Crippen LogP contribution in [0.5, 0.6) is 0 Å². The highest BCUT2D eigenvalue weighted by molar-refractivity contribution is 7.15. The molecule has 5 nitrogen and oxygen atoms in total. The Labute approximate surface area is 124 Å². The van der Waals surface area contributed by atoms with Gasteiger partial charge in [0.25, 0.3) is 5.91 Å². The lowest BCUT2D eigenvalue weighted by Gasteiger charge is -2.03. The van der Waals surface area contributed by atoms with Gasteiger partial charge >= 0.3 is 0 Å². The molecule has 21 heavy (non-hydrogen) atoms. The molecule has 0 bridgehead atoms. The van der Waals surface area contributed by atoms with Gasteiger partial charge in [0, 0.05) is 11.1 Å². The van der Waals surface area contributed by atoms with Crippen molar-refractivity contribution in [2.45, 2.75) is 20.8 Å². The maximum absolute atomic E-state index is 13.4. The first kappa shape index (κ1) is 13.7. The van der Waals surface area contributed by atoms with E-state index in [1.54, 1.807) is 6.92 Å². The van der Waals surface area contributed by atoms with Gasteiger partial charge < -0.3 is 0 Å². The lowest BCUT2D eigenvalue weighted by molar-refractivity contribution is 0.102. The summed E-state index contributed by atoms with van der Waals surface area (Å²) < 4.78 is 14.8. The molecule has 0 aliphatic carbocycles. The average molecular weight is 304 g/mol. The summed E-state index contributed by atoms with van der Waals surface area (Å²) in [7, 11) is 0. The summed E-state index contributed by atoms with van der Waals surface area (Å²) in [6.45, 7) is 5.55. The first-order valence-corrected chi connectivity index (χ1v) is 7.17. The summed E-state index contributed by atoms with van der Waals surface area (Å²) in [5, 5.41) is 3.27. The van der Waals surface area contributed by atoms with Gasteiger partial charge in [0.05, 0.1) is 11.4 Å². The molecule has 3 heterocycles. The van der Waals surface area contributed by atoms with E-state index in [1.165, 1.54) is 34.1 Å². The summed E-state index contributed by atoms with van der Waals surface area (Å²) in [5.74, 6) is -0.769. The van der Waals surface area contributed by atoms with Crippen LogP contribution >= 0.6 is 11.3 Å². The van der Waals surface area contributed by atoms with E-state index in [0.29, 0.717) is 22.2 Å². The largest absolute Gasteiger partial charge is 0.296 e. The number of aryl methyl sites for hydroxylation is 3. The zero-order valence-corrected chi connectivity index (χ0v) is 12.6. The second-order valence-electron chi connectivity index (χ2n) is 4.74. The van der Waals surface area contributed by atoms with Gasteiger partial charge in [0.15, 0.2) is 5.13 Å². The highest BCUT2D eigenvalue weighted by Crippen LogP contribution is 2.22. The van der Waals surface area contributed by atoms with Crippen LogP contribution in [0, 0.1) is 26.6 Å². The van der Waals surface area contributed by atoms with E-state index < -0.39 is 5.82 Å². The zero-order valence-electron chi connectivity index (χ0n) is 11.8. The number of carbonyl (C=O) groups is 1. The fraction of sp³-hybridized carbons (Fsp3) is 0.214. The molecule has 0 fully saturated rings. The van der Waals surface area contributed by atoms with Crippen LogP contribution in [0.4, 0.5) is 9.52 Å². The molecule has 3 aromatic heterocycles. The molecule has 0 saturated heterocycles. The molecule has 3 rings (SSSR count). The number of hydrogen-bond donors (Lipinski definition) is 1. The maximum Gasteiger partial charge on any atom is 0.276 e. The number of nitrogens with zero attached hydrogens (tertiary/aromatic N) is 3. The van der Waals surface area contributed by atoms with Crippen molar-refractivity contribution in [1.29, 1.82) is 0 Å². The molecule has 0 spiro atoms. The highest BCUT2D eigenvalue weighted by Gasteiger charge is 2.18. The molecule has 0 unspecified atom stereocenters. The molecular formula is C14H13FN4OS. The number of anilines is 1. The van der Waals surface area contributed by atoms with Crippen LogP contribution < -0.4 is 5.32 Å². The second kappa shape index (κ2) is 4.92. The highest BCUT2D eigenvalue weighted by atomic mass is 32.1. The summed E-state index contributed by atoms with van der Waals surface area (Å²) in [6.07, 6.45) is 1.25. The van der Waals surface area contributed by atoms with Crippen LogP contribution in [-0.2, 0) is 0 Å². The Morgan fingerprint density at radius 3 is 2.67 bits per heavy atom. The lowest BCUT2D eigenvalue weighted by Crippen LogP contribution is -2.15. The molecule has 108 valence electrons. The van der Waals surface area contributed by atoms with E-state index in [2.05, 4.69) is 15.3 Å². The van der Waals surface area contributed by atoms with Gasteiger partial charge in [-0.2, -0.15) is 0 Å². The van der Waals surface area contributed by atoms with Crippen molar-refractivity contribution in [2.75, 3.05) is 5.32 Å². The molecule has 0 aliphatic heterocycles. The number of rotatable bonds is 2. The Kier molecular flexibility index (Phi) is 3.21. The zero-order chi connectivity index (χ0) is 15.1. The molecule has 0 atom stereocenters. The van der Waals surface area contributed by atoms with Gasteiger partial charge in [-0.1, -0.05) is 0 Å². The van der Waals surface area contributed by atoms with Crippen molar-refractivity contribution >= 4 is 28.0 Å². The van der Waals surface area contributed by atoms with Crippen LogP contribution in [0.15, 0.2) is 18.3 Å². The minimum absolute atomic E-state index is 0.315. The SMILES string of the molecule is Cc1nc(NC(=O)c2c(C)nc3ccc(F)cn23)sc1C. The maximum atomic E-state index is 13.4. The Hall–Kier alpha value is -2.28. The molecular weight excluding hydrogens is 291 g/mol. The topological polar surface area (TPSA) is 59.3 Å². The molecule has 1 N–H and O–H groups in total. The Morgan fingerprint density at radius 1 is 1.24 bits per heavy atom. The molecule has 7 heteroatoms. The number of imidazole rings is 1. The molecule has 0 aromatic carbocycles. The fourth-order valence-corrected chi connectivity index (χ4v) is 2.90. The van der Waals surface area contributed by atoms with Crippen molar-refractivity contribution in [2.24, 2.45) is 0 Å². The van der Waals surface area contributed by atoms with E-state index in [4.69, 9.17) is 0 Å². The normalized spacial score (nSPS) is 11.0. The van der Waals surface area contributed by atoms with Crippen LogP contribution in [0.3, 0.4) is 0 Å². The summed E-state index contributed by atoms with van der Waals surface area (Å²) in [4.78, 5) is 22.0. The van der Waals surface area contributed by atoms with Crippen molar-refractivity contribution < 1.29 is 9.18 Å². The van der Waals surface area contributed by atoms with Crippen LogP contribution in [0.25, 0.3) is 5.65 Å². The van der Waals surface area contributed by atoms with Gasteiger partial charge in [0.2, 0.25) is 0 Å². The number of hydrogen-bond acceptors (Lipinski definition) is 4.